The van der Waals surface area contributed by atoms with Gasteiger partial charge in [0.05, 0.1) is 16.7 Å². The predicted octanol–water partition coefficient (Wildman–Crippen LogP) is 2.55. The van der Waals surface area contributed by atoms with Crippen molar-refractivity contribution in [2.75, 3.05) is 0 Å². The summed E-state index contributed by atoms with van der Waals surface area (Å²) in [6.07, 6.45) is 0.931. The van der Waals surface area contributed by atoms with Gasteiger partial charge in [0, 0.05) is 12.0 Å². The van der Waals surface area contributed by atoms with Gasteiger partial charge in [0.25, 0.3) is 0 Å². The Kier molecular flexibility index (Phi) is 5.49. The lowest BCUT2D eigenvalue weighted by atomic mass is 9.83. The smallest absolute Gasteiger partial charge is 0.240 e. The zero-order valence-corrected chi connectivity index (χ0v) is 17.0. The van der Waals surface area contributed by atoms with E-state index in [0.29, 0.717) is 18.7 Å². The van der Waals surface area contributed by atoms with Gasteiger partial charge in [-0.3, -0.25) is 0 Å². The summed E-state index contributed by atoms with van der Waals surface area (Å²) in [5.74, 6) is 1.45. The second kappa shape index (κ2) is 8.06. The Morgan fingerprint density at radius 2 is 1.69 bits per heavy atom. The van der Waals surface area contributed by atoms with E-state index in [1.54, 1.807) is 30.3 Å². The highest BCUT2D eigenvalue weighted by Crippen LogP contribution is 2.34. The average Bonchev–Trinajstić information content (AvgIpc) is 3.12. The Labute approximate surface area is 170 Å². The molecular weight excluding hydrogens is 388 g/mol. The molecule has 1 aliphatic carbocycles. The molecule has 0 aliphatic heterocycles. The van der Waals surface area contributed by atoms with Crippen molar-refractivity contribution in [2.45, 2.75) is 49.1 Å². The minimum atomic E-state index is -3.71. The first kappa shape index (κ1) is 19.8. The third kappa shape index (κ3) is 4.24. The first-order valence-corrected chi connectivity index (χ1v) is 11.2. The van der Waals surface area contributed by atoms with Gasteiger partial charge in [-0.1, -0.05) is 36.4 Å². The maximum absolute atomic E-state index is 12.7. The van der Waals surface area contributed by atoms with Gasteiger partial charge in [0.2, 0.25) is 10.0 Å². The van der Waals surface area contributed by atoms with Gasteiger partial charge in [0.15, 0.2) is 0 Å². The van der Waals surface area contributed by atoms with Crippen LogP contribution in [0.4, 0.5) is 0 Å². The molecule has 0 unspecified atom stereocenters. The molecule has 0 amide bonds. The first-order valence-electron chi connectivity index (χ1n) is 9.68. The molecule has 7 nitrogen and oxygen atoms in total. The number of sulfonamides is 1. The van der Waals surface area contributed by atoms with Crippen molar-refractivity contribution in [3.8, 4) is 5.69 Å². The van der Waals surface area contributed by atoms with Crippen LogP contribution in [0.1, 0.15) is 36.8 Å². The molecule has 1 aliphatic rings. The van der Waals surface area contributed by atoms with E-state index in [-0.39, 0.29) is 10.8 Å². The van der Waals surface area contributed by atoms with E-state index in [1.807, 2.05) is 41.9 Å². The molecule has 8 heteroatoms. The van der Waals surface area contributed by atoms with Crippen LogP contribution >= 0.6 is 0 Å². The molecule has 2 aromatic carbocycles. The van der Waals surface area contributed by atoms with Crippen LogP contribution in [0.25, 0.3) is 5.69 Å². The van der Waals surface area contributed by atoms with Crippen molar-refractivity contribution in [1.82, 2.24) is 19.5 Å². The van der Waals surface area contributed by atoms with E-state index in [0.717, 1.165) is 17.9 Å². The van der Waals surface area contributed by atoms with Crippen molar-refractivity contribution >= 4 is 10.0 Å². The van der Waals surface area contributed by atoms with Crippen molar-refractivity contribution in [3.05, 3.63) is 72.3 Å². The molecule has 4 rings (SSSR count). The summed E-state index contributed by atoms with van der Waals surface area (Å²) in [6, 6.07) is 17.4. The van der Waals surface area contributed by atoms with Crippen LogP contribution in [0, 0.1) is 6.92 Å². The number of aliphatic hydroxyl groups excluding tert-OH is 1. The molecule has 1 heterocycles. The van der Waals surface area contributed by atoms with E-state index in [9.17, 15) is 13.5 Å². The van der Waals surface area contributed by atoms with E-state index < -0.39 is 22.2 Å². The fourth-order valence-electron chi connectivity index (χ4n) is 3.84. The third-order valence-corrected chi connectivity index (χ3v) is 6.78. The Balaban J connectivity index is 1.59. The van der Waals surface area contributed by atoms with Crippen LogP contribution in [-0.2, 0) is 10.0 Å². The quantitative estimate of drug-likeness (QED) is 0.671. The van der Waals surface area contributed by atoms with E-state index in [1.165, 1.54) is 0 Å². The Morgan fingerprint density at radius 1 is 1.03 bits per heavy atom. The minimum Gasteiger partial charge on any atom is -0.391 e. The van der Waals surface area contributed by atoms with E-state index in [2.05, 4.69) is 14.8 Å². The highest BCUT2D eigenvalue weighted by Gasteiger charge is 2.35. The van der Waals surface area contributed by atoms with Gasteiger partial charge in [-0.2, -0.15) is 5.10 Å². The zero-order valence-electron chi connectivity index (χ0n) is 16.1. The SMILES string of the molecule is Cc1nc([C@H]2CC[C@@H](O)[C@H](NS(=O)(=O)c3ccccc3)C2)n(-c2ccccc2)n1. The molecule has 0 bridgehead atoms. The fraction of sp³-hybridized carbons (Fsp3) is 0.333. The molecule has 3 aromatic rings. The zero-order chi connectivity index (χ0) is 20.4. The molecule has 3 atom stereocenters. The number of hydrogen-bond acceptors (Lipinski definition) is 5. The predicted molar refractivity (Wildman–Crippen MR) is 109 cm³/mol. The van der Waals surface area contributed by atoms with Gasteiger partial charge in [-0.05, 0) is 50.5 Å². The highest BCUT2D eigenvalue weighted by atomic mass is 32.2. The summed E-state index contributed by atoms with van der Waals surface area (Å²) in [7, 11) is -3.71. The molecular formula is C21H24N4O3S. The number of benzene rings is 2. The summed E-state index contributed by atoms with van der Waals surface area (Å²) in [5.41, 5.74) is 0.913. The minimum absolute atomic E-state index is 0.0109. The Bertz CT molecular complexity index is 1070. The summed E-state index contributed by atoms with van der Waals surface area (Å²) in [6.45, 7) is 1.84. The molecule has 1 fully saturated rings. The molecule has 0 saturated heterocycles. The molecule has 29 heavy (non-hydrogen) atoms. The molecule has 0 spiro atoms. The largest absolute Gasteiger partial charge is 0.391 e. The lowest BCUT2D eigenvalue weighted by Gasteiger charge is -2.33. The summed E-state index contributed by atoms with van der Waals surface area (Å²) in [5, 5.41) is 15.0. The number of para-hydroxylation sites is 1. The number of nitrogens with zero attached hydrogens (tertiary/aromatic N) is 3. The monoisotopic (exact) mass is 412 g/mol. The normalized spacial score (nSPS) is 22.5. The van der Waals surface area contributed by atoms with Crippen LogP contribution in [0.15, 0.2) is 65.6 Å². The fourth-order valence-corrected chi connectivity index (χ4v) is 5.14. The van der Waals surface area contributed by atoms with Gasteiger partial charge in [-0.15, -0.1) is 0 Å². The number of rotatable bonds is 5. The second-order valence-corrected chi connectivity index (χ2v) is 9.10. The molecule has 1 saturated carbocycles. The van der Waals surface area contributed by atoms with Crippen LogP contribution in [-0.4, -0.2) is 40.4 Å². The van der Waals surface area contributed by atoms with E-state index >= 15 is 0 Å². The van der Waals surface area contributed by atoms with E-state index in [4.69, 9.17) is 0 Å². The molecule has 0 radical (unpaired) electrons. The number of aromatic nitrogens is 3. The van der Waals surface area contributed by atoms with Gasteiger partial charge < -0.3 is 5.11 Å². The molecule has 2 N–H and O–H groups in total. The van der Waals surface area contributed by atoms with Crippen LogP contribution in [0.5, 0.6) is 0 Å². The lowest BCUT2D eigenvalue weighted by Crippen LogP contribution is -2.46. The van der Waals surface area contributed by atoms with Crippen LogP contribution in [0.2, 0.25) is 0 Å². The summed E-state index contributed by atoms with van der Waals surface area (Å²) < 4.78 is 30.0. The topological polar surface area (TPSA) is 97.1 Å². The standard InChI is InChI=1S/C21H24N4O3S/c1-15-22-21(25(23-15)17-8-4-2-5-9-17)16-12-13-20(26)19(14-16)24-29(27,28)18-10-6-3-7-11-18/h2-11,16,19-20,24,26H,12-14H2,1H3/t16-,19+,20+/m0/s1. The van der Waals surface area contributed by atoms with Crippen LogP contribution in [0.3, 0.4) is 0 Å². The maximum Gasteiger partial charge on any atom is 0.240 e. The number of hydrogen-bond donors (Lipinski definition) is 2. The van der Waals surface area contributed by atoms with Gasteiger partial charge >= 0.3 is 0 Å². The lowest BCUT2D eigenvalue weighted by molar-refractivity contribution is 0.0918. The number of aryl methyl sites for hydroxylation is 1. The summed E-state index contributed by atoms with van der Waals surface area (Å²) >= 11 is 0. The van der Waals surface area contributed by atoms with Crippen molar-refractivity contribution in [2.24, 2.45) is 0 Å². The third-order valence-electron chi connectivity index (χ3n) is 5.28. The second-order valence-electron chi connectivity index (χ2n) is 7.38. The van der Waals surface area contributed by atoms with Crippen molar-refractivity contribution < 1.29 is 13.5 Å². The number of nitrogens with one attached hydrogen (secondary N) is 1. The number of aliphatic hydroxyl groups is 1. The first-order chi connectivity index (χ1) is 13.9. The average molecular weight is 413 g/mol. The molecule has 1 aromatic heterocycles. The van der Waals surface area contributed by atoms with Crippen LogP contribution < -0.4 is 4.72 Å². The van der Waals surface area contributed by atoms with Gasteiger partial charge in [0.1, 0.15) is 11.6 Å². The van der Waals surface area contributed by atoms with Crippen molar-refractivity contribution in [1.29, 1.82) is 0 Å². The maximum atomic E-state index is 12.7. The van der Waals surface area contributed by atoms with Crippen molar-refractivity contribution in [3.63, 3.8) is 0 Å². The molecule has 152 valence electrons. The van der Waals surface area contributed by atoms with Gasteiger partial charge in [-0.25, -0.2) is 22.8 Å². The highest BCUT2D eigenvalue weighted by molar-refractivity contribution is 7.89. The summed E-state index contributed by atoms with van der Waals surface area (Å²) in [4.78, 5) is 4.81. The Morgan fingerprint density at radius 3 is 2.38 bits per heavy atom. The Hall–Kier alpha value is -2.55.